The Balaban J connectivity index is 0.00000180. The smallest absolute Gasteiger partial charge is 0.434 e. The van der Waals surface area contributed by atoms with Gasteiger partial charge in [0, 0.05) is 12.6 Å². The van der Waals surface area contributed by atoms with Crippen LogP contribution in [0, 0.1) is 0 Å². The summed E-state index contributed by atoms with van der Waals surface area (Å²) in [6, 6.07) is 9.84. The summed E-state index contributed by atoms with van der Waals surface area (Å²) in [5, 5.41) is 4.51. The molecule has 106 valence electrons. The summed E-state index contributed by atoms with van der Waals surface area (Å²) in [5.74, 6) is 0. The van der Waals surface area contributed by atoms with Crippen LogP contribution in [-0.4, -0.2) is 36.9 Å². The van der Waals surface area contributed by atoms with E-state index in [0.29, 0.717) is 19.7 Å². The molecule has 1 aromatic rings. The van der Waals surface area contributed by atoms with E-state index in [1.807, 2.05) is 37.3 Å². The lowest BCUT2D eigenvalue weighted by Crippen LogP contribution is -2.33. The first-order chi connectivity index (χ1) is 8.75. The van der Waals surface area contributed by atoms with Gasteiger partial charge in [-0.1, -0.05) is 30.3 Å². The first-order valence-corrected chi connectivity index (χ1v) is 6.10. The number of halogens is 1. The molecule has 6 heteroatoms. The Labute approximate surface area is 119 Å². The molecular weight excluding hydrogens is 268 g/mol. The van der Waals surface area contributed by atoms with Crippen LogP contribution in [0.2, 0.25) is 0 Å². The Morgan fingerprint density at radius 1 is 1.47 bits per heavy atom. The summed E-state index contributed by atoms with van der Waals surface area (Å²) in [5.41, 5.74) is 0.965. The third kappa shape index (κ3) is 5.06. The van der Waals surface area contributed by atoms with Crippen LogP contribution in [0.3, 0.4) is 0 Å². The maximum absolute atomic E-state index is 11.8. The molecule has 0 aliphatic carbocycles. The summed E-state index contributed by atoms with van der Waals surface area (Å²) in [6.45, 7) is 3.96. The van der Waals surface area contributed by atoms with E-state index < -0.39 is 6.09 Å². The van der Waals surface area contributed by atoms with Gasteiger partial charge in [-0.15, -0.1) is 12.4 Å². The third-order valence-electron chi connectivity index (χ3n) is 2.70. The zero-order chi connectivity index (χ0) is 12.8. The van der Waals surface area contributed by atoms with E-state index in [0.717, 1.165) is 5.56 Å². The number of nitrogens with one attached hydrogen (secondary N) is 1. The van der Waals surface area contributed by atoms with Crippen molar-refractivity contribution >= 4 is 18.5 Å². The molecule has 0 spiro atoms. The van der Waals surface area contributed by atoms with Gasteiger partial charge in [-0.3, -0.25) is 4.84 Å². The van der Waals surface area contributed by atoms with Gasteiger partial charge in [0.05, 0.1) is 13.2 Å². The van der Waals surface area contributed by atoms with Crippen LogP contribution in [-0.2, 0) is 16.2 Å². The van der Waals surface area contributed by atoms with E-state index in [1.54, 1.807) is 0 Å². The van der Waals surface area contributed by atoms with E-state index in [1.165, 1.54) is 5.06 Å². The molecular formula is C13H19ClN2O3. The zero-order valence-electron chi connectivity index (χ0n) is 10.9. The van der Waals surface area contributed by atoms with Crippen molar-refractivity contribution in [2.75, 3.05) is 19.7 Å². The van der Waals surface area contributed by atoms with E-state index >= 15 is 0 Å². The van der Waals surface area contributed by atoms with Crippen molar-refractivity contribution in [3.05, 3.63) is 35.9 Å². The number of hydrogen-bond acceptors (Lipinski definition) is 4. The Hall–Kier alpha value is -1.30. The van der Waals surface area contributed by atoms with E-state index in [2.05, 4.69) is 5.32 Å². The lowest BCUT2D eigenvalue weighted by Gasteiger charge is -2.18. The summed E-state index contributed by atoms with van der Waals surface area (Å²) in [4.78, 5) is 17.1. The molecule has 1 heterocycles. The van der Waals surface area contributed by atoms with E-state index in [4.69, 9.17) is 9.57 Å². The van der Waals surface area contributed by atoms with Crippen LogP contribution < -0.4 is 5.32 Å². The van der Waals surface area contributed by atoms with Crippen LogP contribution >= 0.6 is 12.4 Å². The van der Waals surface area contributed by atoms with Crippen LogP contribution in [0.5, 0.6) is 0 Å². The van der Waals surface area contributed by atoms with Gasteiger partial charge in [-0.05, 0) is 12.5 Å². The maximum Gasteiger partial charge on any atom is 0.434 e. The van der Waals surface area contributed by atoms with Gasteiger partial charge >= 0.3 is 6.09 Å². The summed E-state index contributed by atoms with van der Waals surface area (Å²) in [6.07, 6.45) is -0.435. The second-order valence-electron chi connectivity index (χ2n) is 4.29. The van der Waals surface area contributed by atoms with Crippen molar-refractivity contribution in [2.45, 2.75) is 19.6 Å². The van der Waals surface area contributed by atoms with Gasteiger partial charge in [0.25, 0.3) is 0 Å². The summed E-state index contributed by atoms with van der Waals surface area (Å²) < 4.78 is 5.19. The van der Waals surface area contributed by atoms with E-state index in [-0.39, 0.29) is 25.1 Å². The van der Waals surface area contributed by atoms with Crippen LogP contribution in [0.25, 0.3) is 0 Å². The number of rotatable bonds is 2. The third-order valence-corrected chi connectivity index (χ3v) is 2.70. The SMILES string of the molecule is C[C@@H]1CON(C(=O)OCc2ccccc2)CCN1.Cl. The molecule has 19 heavy (non-hydrogen) atoms. The van der Waals surface area contributed by atoms with Crippen molar-refractivity contribution in [3.63, 3.8) is 0 Å². The van der Waals surface area contributed by atoms with Crippen molar-refractivity contribution < 1.29 is 14.4 Å². The van der Waals surface area contributed by atoms with Gasteiger partial charge in [0.15, 0.2) is 0 Å². The number of carbonyl (C=O) groups is 1. The molecule has 1 N–H and O–H groups in total. The highest BCUT2D eigenvalue weighted by atomic mass is 35.5. The van der Waals surface area contributed by atoms with Crippen molar-refractivity contribution in [2.24, 2.45) is 0 Å². The number of nitrogens with zero attached hydrogens (tertiary/aromatic N) is 1. The monoisotopic (exact) mass is 286 g/mol. The van der Waals surface area contributed by atoms with Crippen LogP contribution in [0.15, 0.2) is 30.3 Å². The average molecular weight is 287 g/mol. The molecule has 5 nitrogen and oxygen atoms in total. The fourth-order valence-electron chi connectivity index (χ4n) is 1.67. The number of hydrogen-bond donors (Lipinski definition) is 1. The average Bonchev–Trinajstić information content (AvgIpc) is 2.62. The summed E-state index contributed by atoms with van der Waals surface area (Å²) in [7, 11) is 0. The number of carbonyl (C=O) groups excluding carboxylic acids is 1. The van der Waals surface area contributed by atoms with Crippen LogP contribution in [0.4, 0.5) is 4.79 Å². The quantitative estimate of drug-likeness (QED) is 0.903. The molecule has 1 aromatic carbocycles. The number of ether oxygens (including phenoxy) is 1. The fraction of sp³-hybridized carbons (Fsp3) is 0.462. The Kier molecular flexibility index (Phi) is 6.62. The van der Waals surface area contributed by atoms with Gasteiger partial charge < -0.3 is 10.1 Å². The molecule has 0 radical (unpaired) electrons. The Morgan fingerprint density at radius 2 is 2.21 bits per heavy atom. The molecule has 0 aromatic heterocycles. The van der Waals surface area contributed by atoms with Crippen molar-refractivity contribution in [3.8, 4) is 0 Å². The Morgan fingerprint density at radius 3 is 2.95 bits per heavy atom. The molecule has 0 saturated carbocycles. The molecule has 1 saturated heterocycles. The second-order valence-corrected chi connectivity index (χ2v) is 4.29. The molecule has 0 bridgehead atoms. The minimum Gasteiger partial charge on any atom is -0.443 e. The number of amides is 1. The van der Waals surface area contributed by atoms with Gasteiger partial charge in [0.2, 0.25) is 0 Å². The topological polar surface area (TPSA) is 50.8 Å². The summed E-state index contributed by atoms with van der Waals surface area (Å²) >= 11 is 0. The normalized spacial score (nSPS) is 19.2. The molecule has 1 aliphatic heterocycles. The van der Waals surface area contributed by atoms with Crippen molar-refractivity contribution in [1.29, 1.82) is 0 Å². The highest BCUT2D eigenvalue weighted by Gasteiger charge is 2.20. The first-order valence-electron chi connectivity index (χ1n) is 6.10. The standard InChI is InChI=1S/C13H18N2O3.ClH/c1-11-9-18-15(8-7-14-11)13(16)17-10-12-5-3-2-4-6-12;/h2-6,11,14H,7-10H2,1H3;1H/t11-;/m1./s1. The van der Waals surface area contributed by atoms with Gasteiger partial charge in [0.1, 0.15) is 6.61 Å². The van der Waals surface area contributed by atoms with Gasteiger partial charge in [-0.2, -0.15) is 5.06 Å². The molecule has 1 fully saturated rings. The molecule has 1 amide bonds. The van der Waals surface area contributed by atoms with Gasteiger partial charge in [-0.25, -0.2) is 4.79 Å². The van der Waals surface area contributed by atoms with E-state index in [9.17, 15) is 4.79 Å². The predicted octanol–water partition coefficient (Wildman–Crippen LogP) is 1.97. The Bertz CT molecular complexity index is 389. The molecule has 0 unspecified atom stereocenters. The zero-order valence-corrected chi connectivity index (χ0v) is 11.7. The maximum atomic E-state index is 11.8. The largest absolute Gasteiger partial charge is 0.443 e. The van der Waals surface area contributed by atoms with Crippen molar-refractivity contribution in [1.82, 2.24) is 10.4 Å². The molecule has 1 aliphatic rings. The number of hydroxylamine groups is 2. The highest BCUT2D eigenvalue weighted by Crippen LogP contribution is 2.05. The highest BCUT2D eigenvalue weighted by molar-refractivity contribution is 5.85. The number of benzene rings is 1. The lowest BCUT2D eigenvalue weighted by molar-refractivity contribution is -0.131. The minimum atomic E-state index is -0.435. The minimum absolute atomic E-state index is 0. The lowest BCUT2D eigenvalue weighted by atomic mass is 10.2. The molecule has 1 atom stereocenters. The first kappa shape index (κ1) is 15.8. The predicted molar refractivity (Wildman–Crippen MR) is 74.0 cm³/mol. The molecule has 2 rings (SSSR count). The second kappa shape index (κ2) is 7.99. The fourth-order valence-corrected chi connectivity index (χ4v) is 1.67. The van der Waals surface area contributed by atoms with Crippen LogP contribution in [0.1, 0.15) is 12.5 Å².